The quantitative estimate of drug-likeness (QED) is 0.452. The number of rotatable bonds is 6. The molecule has 8 heteroatoms. The largest absolute Gasteiger partial charge is 0.466 e. The number of thiazole rings is 1. The Bertz CT molecular complexity index is 1170. The number of pyridine rings is 1. The molecule has 4 rings (SSSR count). The lowest BCUT2D eigenvalue weighted by atomic mass is 10.1. The molecule has 1 N–H and O–H groups in total. The van der Waals surface area contributed by atoms with E-state index in [0.29, 0.717) is 23.0 Å². The monoisotopic (exact) mass is 423 g/mol. The minimum absolute atomic E-state index is 0.0843. The van der Waals surface area contributed by atoms with Crippen molar-refractivity contribution in [1.82, 2.24) is 9.97 Å². The Labute approximate surface area is 175 Å². The number of hydrogen-bond donors (Lipinski definition) is 1. The first-order valence-electron chi connectivity index (χ1n) is 8.99. The van der Waals surface area contributed by atoms with Gasteiger partial charge in [-0.25, -0.2) is 9.97 Å². The van der Waals surface area contributed by atoms with E-state index in [1.165, 1.54) is 11.3 Å². The summed E-state index contributed by atoms with van der Waals surface area (Å²) in [6, 6.07) is 13.3. The number of nitrogens with one attached hydrogen (secondary N) is 1. The van der Waals surface area contributed by atoms with Gasteiger partial charge in [0.2, 0.25) is 0 Å². The van der Waals surface area contributed by atoms with Crippen LogP contribution in [0, 0.1) is 0 Å². The fraction of sp³-hybridized carbons (Fsp3) is 0.143. The van der Waals surface area contributed by atoms with Crippen LogP contribution in [0.1, 0.15) is 23.0 Å². The molecule has 0 radical (unpaired) electrons. The smallest absolute Gasteiger partial charge is 0.311 e. The van der Waals surface area contributed by atoms with Gasteiger partial charge in [-0.05, 0) is 30.5 Å². The number of amides is 1. The van der Waals surface area contributed by atoms with Crippen LogP contribution in [0.5, 0.6) is 0 Å². The van der Waals surface area contributed by atoms with E-state index >= 15 is 0 Å². The number of nitrogens with zero attached hydrogens (tertiary/aromatic N) is 2. The molecule has 3 aromatic heterocycles. The molecule has 4 aromatic rings. The molecule has 0 saturated heterocycles. The average molecular weight is 424 g/mol. The first-order valence-corrected chi connectivity index (χ1v) is 10.7. The minimum atomic E-state index is -0.337. The normalized spacial score (nSPS) is 10.8. The summed E-state index contributed by atoms with van der Waals surface area (Å²) < 4.78 is 4.93. The average Bonchev–Trinajstić information content (AvgIpc) is 3.39. The van der Waals surface area contributed by atoms with E-state index in [2.05, 4.69) is 15.3 Å². The molecule has 0 bridgehead atoms. The van der Waals surface area contributed by atoms with E-state index in [4.69, 9.17) is 4.74 Å². The van der Waals surface area contributed by atoms with Crippen molar-refractivity contribution in [3.05, 3.63) is 64.5 Å². The number of fused-ring (bicyclic) bond motifs is 1. The summed E-state index contributed by atoms with van der Waals surface area (Å²) in [7, 11) is 0. The van der Waals surface area contributed by atoms with Gasteiger partial charge in [0, 0.05) is 10.8 Å². The second-order valence-electron chi connectivity index (χ2n) is 6.13. The zero-order valence-electron chi connectivity index (χ0n) is 15.5. The van der Waals surface area contributed by atoms with Crippen molar-refractivity contribution in [2.75, 3.05) is 11.9 Å². The van der Waals surface area contributed by atoms with Gasteiger partial charge in [-0.15, -0.1) is 22.7 Å². The lowest BCUT2D eigenvalue weighted by Gasteiger charge is -2.08. The Hall–Kier alpha value is -3.10. The summed E-state index contributed by atoms with van der Waals surface area (Å²) in [5.74, 6) is -0.602. The molecule has 1 amide bonds. The van der Waals surface area contributed by atoms with Crippen LogP contribution in [-0.4, -0.2) is 28.5 Å². The molecular formula is C21H17N3O3S2. The number of thiophene rings is 1. The number of carbonyl (C=O) groups is 2. The topological polar surface area (TPSA) is 81.2 Å². The van der Waals surface area contributed by atoms with Crippen molar-refractivity contribution in [3.8, 4) is 10.6 Å². The molecule has 0 aliphatic carbocycles. The van der Waals surface area contributed by atoms with Gasteiger partial charge in [0.05, 0.1) is 40.4 Å². The number of carbonyl (C=O) groups excluding carboxylic acids is 2. The summed E-state index contributed by atoms with van der Waals surface area (Å²) >= 11 is 2.85. The summed E-state index contributed by atoms with van der Waals surface area (Å²) in [6.07, 6.45) is 0.0843. The third kappa shape index (κ3) is 4.33. The molecule has 0 spiro atoms. The van der Waals surface area contributed by atoms with Crippen LogP contribution in [0.2, 0.25) is 0 Å². The van der Waals surface area contributed by atoms with Gasteiger partial charge >= 0.3 is 5.97 Å². The van der Waals surface area contributed by atoms with Gasteiger partial charge in [0.15, 0.2) is 5.13 Å². The standard InChI is InChI=1S/C21H17N3O3S2/c1-2-27-19(25)10-13-12-29-21(22-13)24-20(26)15-11-17(18-8-5-9-28-18)23-16-7-4-3-6-14(15)16/h3-9,11-12H,2,10H2,1H3,(H,22,24,26). The van der Waals surface area contributed by atoms with Gasteiger partial charge in [0.25, 0.3) is 5.91 Å². The molecule has 1 aromatic carbocycles. The molecule has 0 unspecified atom stereocenters. The van der Waals surface area contributed by atoms with Gasteiger partial charge in [-0.1, -0.05) is 24.3 Å². The number of aromatic nitrogens is 2. The predicted molar refractivity (Wildman–Crippen MR) is 115 cm³/mol. The summed E-state index contributed by atoms with van der Waals surface area (Å²) in [6.45, 7) is 2.09. The Morgan fingerprint density at radius 1 is 1.10 bits per heavy atom. The van der Waals surface area contributed by atoms with Crippen LogP contribution in [0.25, 0.3) is 21.5 Å². The second kappa shape index (κ2) is 8.50. The zero-order valence-corrected chi connectivity index (χ0v) is 17.2. The zero-order chi connectivity index (χ0) is 20.2. The van der Waals surface area contributed by atoms with E-state index in [0.717, 1.165) is 21.5 Å². The first-order chi connectivity index (χ1) is 14.1. The lowest BCUT2D eigenvalue weighted by molar-refractivity contribution is -0.142. The van der Waals surface area contributed by atoms with Crippen molar-refractivity contribution in [2.24, 2.45) is 0 Å². The minimum Gasteiger partial charge on any atom is -0.466 e. The lowest BCUT2D eigenvalue weighted by Crippen LogP contribution is -2.13. The van der Waals surface area contributed by atoms with Crippen molar-refractivity contribution >= 4 is 50.6 Å². The molecule has 0 atom stereocenters. The van der Waals surface area contributed by atoms with Gasteiger partial charge < -0.3 is 4.74 Å². The van der Waals surface area contributed by atoms with Crippen molar-refractivity contribution in [3.63, 3.8) is 0 Å². The molecule has 3 heterocycles. The highest BCUT2D eigenvalue weighted by Crippen LogP contribution is 2.28. The van der Waals surface area contributed by atoms with Crippen LogP contribution in [0.4, 0.5) is 5.13 Å². The summed E-state index contributed by atoms with van der Waals surface area (Å²) in [5, 5.41) is 7.77. The maximum Gasteiger partial charge on any atom is 0.311 e. The SMILES string of the molecule is CCOC(=O)Cc1csc(NC(=O)c2cc(-c3cccs3)nc3ccccc23)n1. The highest BCUT2D eigenvalue weighted by molar-refractivity contribution is 7.14. The number of esters is 1. The van der Waals surface area contributed by atoms with Gasteiger partial charge in [-0.3, -0.25) is 14.9 Å². The predicted octanol–water partition coefficient (Wildman–Crippen LogP) is 4.78. The molecule has 29 heavy (non-hydrogen) atoms. The summed E-state index contributed by atoms with van der Waals surface area (Å²) in [4.78, 5) is 34.6. The molecule has 6 nitrogen and oxygen atoms in total. The fourth-order valence-electron chi connectivity index (χ4n) is 2.88. The number of hydrogen-bond acceptors (Lipinski definition) is 7. The fourth-order valence-corrected chi connectivity index (χ4v) is 4.28. The van der Waals surface area contributed by atoms with Crippen LogP contribution in [0.3, 0.4) is 0 Å². The van der Waals surface area contributed by atoms with Crippen LogP contribution >= 0.6 is 22.7 Å². The summed E-state index contributed by atoms with van der Waals surface area (Å²) in [5.41, 5.74) is 2.61. The van der Waals surface area contributed by atoms with Crippen molar-refractivity contribution < 1.29 is 14.3 Å². The second-order valence-corrected chi connectivity index (χ2v) is 7.94. The van der Waals surface area contributed by atoms with Crippen LogP contribution in [0.15, 0.2) is 53.2 Å². The maximum absolute atomic E-state index is 13.0. The Kier molecular flexibility index (Phi) is 5.64. The molecule has 0 fully saturated rings. The number of para-hydroxylation sites is 1. The Morgan fingerprint density at radius 3 is 2.76 bits per heavy atom. The van der Waals surface area contributed by atoms with E-state index < -0.39 is 0 Å². The third-order valence-corrected chi connectivity index (χ3v) is 5.84. The highest BCUT2D eigenvalue weighted by atomic mass is 32.1. The molecule has 0 aliphatic heterocycles. The maximum atomic E-state index is 13.0. The number of ether oxygens (including phenoxy) is 1. The van der Waals surface area contributed by atoms with E-state index in [1.807, 2.05) is 41.8 Å². The first kappa shape index (κ1) is 19.2. The number of benzene rings is 1. The highest BCUT2D eigenvalue weighted by Gasteiger charge is 2.16. The van der Waals surface area contributed by atoms with E-state index in [9.17, 15) is 9.59 Å². The molecular weight excluding hydrogens is 406 g/mol. The third-order valence-electron chi connectivity index (χ3n) is 4.14. The van der Waals surface area contributed by atoms with Crippen LogP contribution < -0.4 is 5.32 Å². The van der Waals surface area contributed by atoms with Crippen molar-refractivity contribution in [1.29, 1.82) is 0 Å². The molecule has 0 aliphatic rings. The van der Waals surface area contributed by atoms with Gasteiger partial charge in [0.1, 0.15) is 0 Å². The van der Waals surface area contributed by atoms with Gasteiger partial charge in [-0.2, -0.15) is 0 Å². The van der Waals surface area contributed by atoms with Crippen molar-refractivity contribution in [2.45, 2.75) is 13.3 Å². The number of anilines is 1. The Balaban J connectivity index is 1.62. The van der Waals surface area contributed by atoms with E-state index in [1.54, 1.807) is 29.7 Å². The van der Waals surface area contributed by atoms with E-state index in [-0.39, 0.29) is 18.3 Å². The Morgan fingerprint density at radius 2 is 1.97 bits per heavy atom. The molecule has 0 saturated carbocycles. The van der Waals surface area contributed by atoms with Crippen LogP contribution in [-0.2, 0) is 16.0 Å². The molecule has 146 valence electrons.